The average Bonchev–Trinajstić information content (AvgIpc) is 3.32. The fourth-order valence-electron chi connectivity index (χ4n) is 3.41. The molecule has 1 fully saturated rings. The minimum atomic E-state index is -0.262. The summed E-state index contributed by atoms with van der Waals surface area (Å²) in [6, 6.07) is 10.0. The number of benzene rings is 1. The number of aromatic nitrogens is 4. The molecule has 1 aromatic carbocycles. The lowest BCUT2D eigenvalue weighted by molar-refractivity contribution is 0.0923. The Morgan fingerprint density at radius 1 is 1.30 bits per heavy atom. The second-order valence-corrected chi connectivity index (χ2v) is 6.75. The highest BCUT2D eigenvalue weighted by Crippen LogP contribution is 2.24. The number of rotatable bonds is 4. The van der Waals surface area contributed by atoms with Crippen LogP contribution in [-0.2, 0) is 7.05 Å². The van der Waals surface area contributed by atoms with Crippen molar-refractivity contribution in [2.24, 2.45) is 7.05 Å². The fourth-order valence-corrected chi connectivity index (χ4v) is 3.41. The van der Waals surface area contributed by atoms with Crippen molar-refractivity contribution in [1.29, 1.82) is 0 Å². The second-order valence-electron chi connectivity index (χ2n) is 6.75. The average molecular weight is 368 g/mol. The summed E-state index contributed by atoms with van der Waals surface area (Å²) in [5.74, 6) is 0.450. The third-order valence-corrected chi connectivity index (χ3v) is 4.85. The van der Waals surface area contributed by atoms with E-state index in [9.17, 15) is 9.18 Å². The van der Waals surface area contributed by atoms with E-state index in [0.717, 1.165) is 36.5 Å². The zero-order valence-corrected chi connectivity index (χ0v) is 15.0. The van der Waals surface area contributed by atoms with E-state index in [1.54, 1.807) is 36.1 Å². The Kier molecular flexibility index (Phi) is 4.62. The normalized spacial score (nSPS) is 17.1. The van der Waals surface area contributed by atoms with Gasteiger partial charge in [-0.25, -0.2) is 4.39 Å². The van der Waals surface area contributed by atoms with Gasteiger partial charge in [0.1, 0.15) is 11.5 Å². The van der Waals surface area contributed by atoms with Gasteiger partial charge in [0.15, 0.2) is 5.82 Å². The van der Waals surface area contributed by atoms with Crippen LogP contribution in [0.25, 0.3) is 11.3 Å². The van der Waals surface area contributed by atoms with Gasteiger partial charge in [-0.05, 0) is 48.7 Å². The number of piperidine rings is 1. The smallest absolute Gasteiger partial charge is 0.269 e. The van der Waals surface area contributed by atoms with E-state index < -0.39 is 0 Å². The number of carbonyl (C=O) groups is 1. The SMILES string of the molecule is Cn1nccc1C(=O)NC1CCCN(c2cc(-c3ccc(F)cc3)[nH]n2)C1. The number of nitrogens with zero attached hydrogens (tertiary/aromatic N) is 4. The first kappa shape index (κ1) is 17.3. The molecule has 7 nitrogen and oxygen atoms in total. The number of amides is 1. The fraction of sp³-hybridized carbons (Fsp3) is 0.316. The predicted octanol–water partition coefficient (Wildman–Crippen LogP) is 2.35. The molecule has 8 heteroatoms. The summed E-state index contributed by atoms with van der Waals surface area (Å²) in [5, 5.41) is 14.5. The van der Waals surface area contributed by atoms with Gasteiger partial charge >= 0.3 is 0 Å². The number of nitrogens with one attached hydrogen (secondary N) is 2. The summed E-state index contributed by atoms with van der Waals surface area (Å²) in [7, 11) is 1.75. The predicted molar refractivity (Wildman–Crippen MR) is 99.9 cm³/mol. The van der Waals surface area contributed by atoms with Crippen LogP contribution in [0.4, 0.5) is 10.2 Å². The van der Waals surface area contributed by atoms with Crippen molar-refractivity contribution >= 4 is 11.7 Å². The Morgan fingerprint density at radius 2 is 2.11 bits per heavy atom. The number of H-pyrrole nitrogens is 1. The summed E-state index contributed by atoms with van der Waals surface area (Å²) in [5.41, 5.74) is 2.27. The van der Waals surface area contributed by atoms with Crippen LogP contribution in [0.2, 0.25) is 0 Å². The van der Waals surface area contributed by atoms with Gasteiger partial charge in [-0.3, -0.25) is 14.6 Å². The van der Waals surface area contributed by atoms with Crippen LogP contribution >= 0.6 is 0 Å². The van der Waals surface area contributed by atoms with E-state index >= 15 is 0 Å². The van der Waals surface area contributed by atoms with Gasteiger partial charge in [-0.2, -0.15) is 10.2 Å². The molecule has 1 aliphatic heterocycles. The van der Waals surface area contributed by atoms with Gasteiger partial charge < -0.3 is 10.2 Å². The maximum Gasteiger partial charge on any atom is 0.269 e. The standard InChI is InChI=1S/C19H21FN6O/c1-25-17(8-9-21-25)19(27)22-15-3-2-10-26(12-15)18-11-16(23-24-18)13-4-6-14(20)7-5-13/h4-9,11,15H,2-3,10,12H2,1H3,(H,22,27)(H,23,24). The molecule has 1 atom stereocenters. The van der Waals surface area contributed by atoms with Crippen LogP contribution in [0.1, 0.15) is 23.3 Å². The zero-order valence-electron chi connectivity index (χ0n) is 15.0. The van der Waals surface area contributed by atoms with Crippen molar-refractivity contribution in [3.63, 3.8) is 0 Å². The zero-order chi connectivity index (χ0) is 18.8. The van der Waals surface area contributed by atoms with E-state index in [-0.39, 0.29) is 17.8 Å². The lowest BCUT2D eigenvalue weighted by Gasteiger charge is -2.33. The van der Waals surface area contributed by atoms with Crippen molar-refractivity contribution in [3.05, 3.63) is 54.1 Å². The lowest BCUT2D eigenvalue weighted by Crippen LogP contribution is -2.48. The number of halogens is 1. The highest BCUT2D eigenvalue weighted by molar-refractivity contribution is 5.92. The minimum absolute atomic E-state index is 0.0483. The monoisotopic (exact) mass is 368 g/mol. The van der Waals surface area contributed by atoms with Crippen LogP contribution in [0.5, 0.6) is 0 Å². The maximum absolute atomic E-state index is 13.1. The Balaban J connectivity index is 1.43. The molecule has 0 radical (unpaired) electrons. The molecule has 3 heterocycles. The Hall–Kier alpha value is -3.16. The molecule has 2 N–H and O–H groups in total. The van der Waals surface area contributed by atoms with Gasteiger partial charge in [0, 0.05) is 38.4 Å². The first-order valence-corrected chi connectivity index (χ1v) is 8.95. The molecule has 1 unspecified atom stereocenters. The largest absolute Gasteiger partial charge is 0.353 e. The molecule has 4 rings (SSSR count). The van der Waals surface area contributed by atoms with E-state index in [1.807, 2.05) is 6.07 Å². The van der Waals surface area contributed by atoms with Gasteiger partial charge in [0.2, 0.25) is 0 Å². The number of hydrogen-bond acceptors (Lipinski definition) is 4. The van der Waals surface area contributed by atoms with Crippen molar-refractivity contribution in [2.45, 2.75) is 18.9 Å². The number of anilines is 1. The number of hydrogen-bond donors (Lipinski definition) is 2. The van der Waals surface area contributed by atoms with E-state index in [2.05, 4.69) is 25.5 Å². The van der Waals surface area contributed by atoms with Crippen LogP contribution in [-0.4, -0.2) is 45.0 Å². The molecular weight excluding hydrogens is 347 g/mol. The highest BCUT2D eigenvalue weighted by Gasteiger charge is 2.24. The Morgan fingerprint density at radius 3 is 2.85 bits per heavy atom. The third-order valence-electron chi connectivity index (χ3n) is 4.85. The Bertz CT molecular complexity index is 932. The molecule has 1 saturated heterocycles. The van der Waals surface area contributed by atoms with Crippen LogP contribution < -0.4 is 10.2 Å². The topological polar surface area (TPSA) is 78.8 Å². The second kappa shape index (κ2) is 7.22. The minimum Gasteiger partial charge on any atom is -0.353 e. The maximum atomic E-state index is 13.1. The summed E-state index contributed by atoms with van der Waals surface area (Å²) < 4.78 is 14.7. The molecule has 0 bridgehead atoms. The third kappa shape index (κ3) is 3.69. The molecule has 3 aromatic rings. The summed E-state index contributed by atoms with van der Waals surface area (Å²) in [6.07, 6.45) is 3.51. The summed E-state index contributed by atoms with van der Waals surface area (Å²) >= 11 is 0. The summed E-state index contributed by atoms with van der Waals surface area (Å²) in [4.78, 5) is 14.6. The molecule has 2 aromatic heterocycles. The van der Waals surface area contributed by atoms with Gasteiger partial charge in [-0.15, -0.1) is 0 Å². The molecule has 0 saturated carbocycles. The van der Waals surface area contributed by atoms with Crippen molar-refractivity contribution in [3.8, 4) is 11.3 Å². The molecule has 1 amide bonds. The van der Waals surface area contributed by atoms with Crippen LogP contribution in [0, 0.1) is 5.82 Å². The lowest BCUT2D eigenvalue weighted by atomic mass is 10.1. The number of aromatic amines is 1. The van der Waals surface area contributed by atoms with Gasteiger partial charge in [-0.1, -0.05) is 0 Å². The molecule has 140 valence electrons. The number of carbonyl (C=O) groups excluding carboxylic acids is 1. The van der Waals surface area contributed by atoms with E-state index in [0.29, 0.717) is 12.2 Å². The van der Waals surface area contributed by atoms with Gasteiger partial charge in [0.25, 0.3) is 5.91 Å². The van der Waals surface area contributed by atoms with Gasteiger partial charge in [0.05, 0.1) is 5.69 Å². The van der Waals surface area contributed by atoms with E-state index in [4.69, 9.17) is 0 Å². The first-order valence-electron chi connectivity index (χ1n) is 8.95. The summed E-state index contributed by atoms with van der Waals surface area (Å²) in [6.45, 7) is 1.57. The molecular formula is C19H21FN6O. The molecule has 27 heavy (non-hydrogen) atoms. The Labute approximate surface area is 156 Å². The quantitative estimate of drug-likeness (QED) is 0.741. The van der Waals surface area contributed by atoms with Crippen molar-refractivity contribution in [2.75, 3.05) is 18.0 Å². The van der Waals surface area contributed by atoms with Crippen molar-refractivity contribution in [1.82, 2.24) is 25.3 Å². The van der Waals surface area contributed by atoms with Crippen LogP contribution in [0.3, 0.4) is 0 Å². The molecule has 1 aliphatic rings. The highest BCUT2D eigenvalue weighted by atomic mass is 19.1. The molecule has 0 spiro atoms. The molecule has 0 aliphatic carbocycles. The van der Waals surface area contributed by atoms with Crippen LogP contribution in [0.15, 0.2) is 42.6 Å². The number of aryl methyl sites for hydroxylation is 1. The van der Waals surface area contributed by atoms with Crippen molar-refractivity contribution < 1.29 is 9.18 Å². The first-order chi connectivity index (χ1) is 13.1. The van der Waals surface area contributed by atoms with E-state index in [1.165, 1.54) is 12.1 Å².